The Hall–Kier alpha value is -1.91. The largest absolute Gasteiger partial charge is 0.307 e. The monoisotopic (exact) mass is 312 g/mol. The van der Waals surface area contributed by atoms with Crippen molar-refractivity contribution in [1.29, 1.82) is 0 Å². The van der Waals surface area contributed by atoms with Crippen LogP contribution >= 0.6 is 11.6 Å². The van der Waals surface area contributed by atoms with Crippen molar-refractivity contribution in [2.75, 3.05) is 6.54 Å². The minimum atomic E-state index is 0.313. The normalized spacial score (nSPS) is 18.1. The number of benzene rings is 1. The van der Waals surface area contributed by atoms with E-state index in [9.17, 15) is 0 Å². The first-order valence-electron chi connectivity index (χ1n) is 7.60. The molecule has 1 aliphatic rings. The van der Waals surface area contributed by atoms with Gasteiger partial charge in [-0.15, -0.1) is 0 Å². The topological polar surface area (TPSA) is 42.7 Å². The van der Waals surface area contributed by atoms with Crippen LogP contribution in [-0.2, 0) is 6.54 Å². The zero-order chi connectivity index (χ0) is 14.9. The standard InChI is InChI=1S/C17H17ClN4/c18-13-5-1-4-12(10-13)11-22-16-15(7-3-9-20-16)21-17(22)14-6-2-8-19-14/h1,3-5,7,9-10,14,19H,2,6,8,11H2. The van der Waals surface area contributed by atoms with E-state index in [-0.39, 0.29) is 0 Å². The first-order chi connectivity index (χ1) is 10.8. The highest BCUT2D eigenvalue weighted by Crippen LogP contribution is 2.26. The number of nitrogens with one attached hydrogen (secondary N) is 1. The maximum Gasteiger partial charge on any atom is 0.160 e. The van der Waals surface area contributed by atoms with Crippen LogP contribution in [0.3, 0.4) is 0 Å². The molecule has 3 heterocycles. The van der Waals surface area contributed by atoms with Gasteiger partial charge in [0.15, 0.2) is 5.65 Å². The Balaban J connectivity index is 1.81. The van der Waals surface area contributed by atoms with Gasteiger partial charge in [0.05, 0.1) is 12.6 Å². The molecule has 22 heavy (non-hydrogen) atoms. The Bertz CT molecular complexity index is 805. The number of halogens is 1. The molecule has 2 aromatic heterocycles. The molecule has 1 saturated heterocycles. The molecule has 4 nitrogen and oxygen atoms in total. The fraction of sp³-hybridized carbons (Fsp3) is 0.294. The Morgan fingerprint density at radius 3 is 3.05 bits per heavy atom. The minimum absolute atomic E-state index is 0.313. The van der Waals surface area contributed by atoms with Gasteiger partial charge in [-0.05, 0) is 49.2 Å². The average molecular weight is 313 g/mol. The molecule has 1 fully saturated rings. The van der Waals surface area contributed by atoms with Gasteiger partial charge in [0.2, 0.25) is 0 Å². The van der Waals surface area contributed by atoms with E-state index in [0.717, 1.165) is 47.1 Å². The van der Waals surface area contributed by atoms with E-state index in [1.165, 1.54) is 6.42 Å². The van der Waals surface area contributed by atoms with Crippen LogP contribution in [0, 0.1) is 0 Å². The quantitative estimate of drug-likeness (QED) is 0.804. The van der Waals surface area contributed by atoms with Gasteiger partial charge in [0, 0.05) is 11.2 Å². The summed E-state index contributed by atoms with van der Waals surface area (Å²) in [6, 6.07) is 12.2. The van der Waals surface area contributed by atoms with Crippen LogP contribution in [0.25, 0.3) is 11.2 Å². The predicted octanol–water partition coefficient (Wildman–Crippen LogP) is 3.56. The van der Waals surface area contributed by atoms with Crippen molar-refractivity contribution in [2.45, 2.75) is 25.4 Å². The van der Waals surface area contributed by atoms with E-state index in [1.54, 1.807) is 0 Å². The second-order valence-electron chi connectivity index (χ2n) is 5.68. The van der Waals surface area contributed by atoms with Gasteiger partial charge in [0.25, 0.3) is 0 Å². The predicted molar refractivity (Wildman–Crippen MR) is 88.1 cm³/mol. The summed E-state index contributed by atoms with van der Waals surface area (Å²) < 4.78 is 2.21. The van der Waals surface area contributed by atoms with Crippen LogP contribution in [0.15, 0.2) is 42.6 Å². The third kappa shape index (κ3) is 2.49. The minimum Gasteiger partial charge on any atom is -0.307 e. The summed E-state index contributed by atoms with van der Waals surface area (Å²) in [6.07, 6.45) is 4.14. The number of imidazole rings is 1. The number of hydrogen-bond donors (Lipinski definition) is 1. The summed E-state index contributed by atoms with van der Waals surface area (Å²) in [5.41, 5.74) is 3.05. The molecule has 3 aromatic rings. The van der Waals surface area contributed by atoms with Crippen LogP contribution in [0.5, 0.6) is 0 Å². The van der Waals surface area contributed by atoms with Crippen molar-refractivity contribution in [3.05, 3.63) is 59.0 Å². The van der Waals surface area contributed by atoms with Crippen molar-refractivity contribution < 1.29 is 0 Å². The fourth-order valence-electron chi connectivity index (χ4n) is 3.12. The Kier molecular flexibility index (Phi) is 3.56. The van der Waals surface area contributed by atoms with Gasteiger partial charge < -0.3 is 9.88 Å². The van der Waals surface area contributed by atoms with Crippen LogP contribution in [-0.4, -0.2) is 21.1 Å². The molecule has 1 unspecified atom stereocenters. The maximum atomic E-state index is 6.12. The Labute approximate surface area is 134 Å². The zero-order valence-electron chi connectivity index (χ0n) is 12.2. The highest BCUT2D eigenvalue weighted by molar-refractivity contribution is 6.30. The third-order valence-corrected chi connectivity index (χ3v) is 4.37. The van der Waals surface area contributed by atoms with Gasteiger partial charge >= 0.3 is 0 Å². The molecular weight excluding hydrogens is 296 g/mol. The van der Waals surface area contributed by atoms with Crippen molar-refractivity contribution in [3.8, 4) is 0 Å². The molecule has 1 N–H and O–H groups in total. The highest BCUT2D eigenvalue weighted by atomic mass is 35.5. The number of hydrogen-bond acceptors (Lipinski definition) is 3. The molecule has 0 bridgehead atoms. The molecule has 0 amide bonds. The van der Waals surface area contributed by atoms with E-state index < -0.39 is 0 Å². The van der Waals surface area contributed by atoms with Crippen LogP contribution in [0.2, 0.25) is 5.02 Å². The number of pyridine rings is 1. The lowest BCUT2D eigenvalue weighted by Gasteiger charge is -2.14. The van der Waals surface area contributed by atoms with E-state index in [2.05, 4.69) is 20.9 Å². The van der Waals surface area contributed by atoms with E-state index in [0.29, 0.717) is 6.04 Å². The van der Waals surface area contributed by atoms with Gasteiger partial charge in [0.1, 0.15) is 11.3 Å². The maximum absolute atomic E-state index is 6.12. The molecule has 4 rings (SSSR count). The second-order valence-corrected chi connectivity index (χ2v) is 6.12. The summed E-state index contributed by atoms with van der Waals surface area (Å²) in [6.45, 7) is 1.79. The highest BCUT2D eigenvalue weighted by Gasteiger charge is 2.23. The fourth-order valence-corrected chi connectivity index (χ4v) is 3.33. The molecule has 112 valence electrons. The molecule has 5 heteroatoms. The molecule has 0 saturated carbocycles. The lowest BCUT2D eigenvalue weighted by molar-refractivity contribution is 0.570. The number of nitrogens with zero attached hydrogens (tertiary/aromatic N) is 3. The van der Waals surface area contributed by atoms with Gasteiger partial charge in [-0.1, -0.05) is 23.7 Å². The van der Waals surface area contributed by atoms with Gasteiger partial charge in [-0.25, -0.2) is 9.97 Å². The molecule has 0 aliphatic carbocycles. The first-order valence-corrected chi connectivity index (χ1v) is 7.98. The number of aromatic nitrogens is 3. The smallest absolute Gasteiger partial charge is 0.160 e. The van der Waals surface area contributed by atoms with Crippen LogP contribution < -0.4 is 5.32 Å². The van der Waals surface area contributed by atoms with Crippen LogP contribution in [0.1, 0.15) is 30.3 Å². The van der Waals surface area contributed by atoms with Gasteiger partial charge in [-0.3, -0.25) is 0 Å². The lowest BCUT2D eigenvalue weighted by Crippen LogP contribution is -2.18. The first kappa shape index (κ1) is 13.7. The molecule has 1 atom stereocenters. The molecule has 0 spiro atoms. The van der Waals surface area contributed by atoms with Crippen molar-refractivity contribution in [3.63, 3.8) is 0 Å². The summed E-state index contributed by atoms with van der Waals surface area (Å²) in [4.78, 5) is 9.35. The molecule has 1 aliphatic heterocycles. The molecule has 0 radical (unpaired) electrons. The SMILES string of the molecule is Clc1cccc(Cn2c(C3CCCN3)nc3cccnc32)c1. The van der Waals surface area contributed by atoms with Crippen LogP contribution in [0.4, 0.5) is 0 Å². The van der Waals surface area contributed by atoms with Crippen molar-refractivity contribution >= 4 is 22.8 Å². The zero-order valence-corrected chi connectivity index (χ0v) is 12.9. The van der Waals surface area contributed by atoms with Gasteiger partial charge in [-0.2, -0.15) is 0 Å². The van der Waals surface area contributed by atoms with E-state index >= 15 is 0 Å². The molecular formula is C17H17ClN4. The Morgan fingerprint density at radius 1 is 1.27 bits per heavy atom. The summed E-state index contributed by atoms with van der Waals surface area (Å²) in [5, 5.41) is 4.29. The summed E-state index contributed by atoms with van der Waals surface area (Å²) in [5.74, 6) is 1.08. The Morgan fingerprint density at radius 2 is 2.23 bits per heavy atom. The number of rotatable bonds is 3. The average Bonchev–Trinajstić information content (AvgIpc) is 3.15. The van der Waals surface area contributed by atoms with E-state index in [4.69, 9.17) is 16.6 Å². The van der Waals surface area contributed by atoms with Crippen molar-refractivity contribution in [2.24, 2.45) is 0 Å². The molecule has 1 aromatic carbocycles. The van der Waals surface area contributed by atoms with E-state index in [1.807, 2.05) is 36.5 Å². The summed E-state index contributed by atoms with van der Waals surface area (Å²) in [7, 11) is 0. The lowest BCUT2D eigenvalue weighted by atomic mass is 10.2. The summed E-state index contributed by atoms with van der Waals surface area (Å²) >= 11 is 6.12. The van der Waals surface area contributed by atoms with Crippen molar-refractivity contribution in [1.82, 2.24) is 19.9 Å². The number of fused-ring (bicyclic) bond motifs is 1. The third-order valence-electron chi connectivity index (χ3n) is 4.14. The second kappa shape index (κ2) is 5.71.